The van der Waals surface area contributed by atoms with Gasteiger partial charge in [-0.25, -0.2) is 13.2 Å². The number of hydrogen-bond acceptors (Lipinski definition) is 6. The van der Waals surface area contributed by atoms with E-state index in [2.05, 4.69) is 0 Å². The Morgan fingerprint density at radius 2 is 2.00 bits per heavy atom. The highest BCUT2D eigenvalue weighted by Gasteiger charge is 2.26. The molecule has 0 atom stereocenters. The first-order valence-electron chi connectivity index (χ1n) is 5.63. The van der Waals surface area contributed by atoms with Crippen molar-refractivity contribution in [2.45, 2.75) is 18.7 Å². The molecule has 0 saturated heterocycles. The van der Waals surface area contributed by atoms with Crippen LogP contribution >= 0.6 is 22.3 Å². The lowest BCUT2D eigenvalue weighted by Gasteiger charge is -2.10. The number of rotatable bonds is 5. The van der Waals surface area contributed by atoms with Crippen LogP contribution in [0.25, 0.3) is 0 Å². The maximum atomic E-state index is 11.9. The van der Waals surface area contributed by atoms with E-state index in [1.807, 2.05) is 0 Å². The molecule has 0 fully saturated rings. The fraction of sp³-hybridized carbons (Fsp3) is 0.364. The molecule has 0 spiro atoms. The number of ether oxygens (including phenoxy) is 1. The lowest BCUT2D eigenvalue weighted by atomic mass is 10.2. The summed E-state index contributed by atoms with van der Waals surface area (Å²) in [6, 6.07) is 1.53. The molecule has 0 aliphatic heterocycles. The summed E-state index contributed by atoms with van der Waals surface area (Å²) in [5.74, 6) is -0.929. The molecule has 0 bridgehead atoms. The van der Waals surface area contributed by atoms with E-state index in [0.717, 1.165) is 6.07 Å². The number of benzene rings is 1. The first-order valence-corrected chi connectivity index (χ1v) is 8.32. The van der Waals surface area contributed by atoms with Crippen molar-refractivity contribution in [3.8, 4) is 0 Å². The molecule has 21 heavy (non-hydrogen) atoms. The summed E-state index contributed by atoms with van der Waals surface area (Å²) in [6.07, 6.45) is 0. The predicted octanol–water partition coefficient (Wildman–Crippen LogP) is 2.99. The van der Waals surface area contributed by atoms with E-state index in [0.29, 0.717) is 6.07 Å². The van der Waals surface area contributed by atoms with E-state index in [9.17, 15) is 23.3 Å². The average Bonchev–Trinajstić information content (AvgIpc) is 2.34. The van der Waals surface area contributed by atoms with E-state index in [-0.39, 0.29) is 12.5 Å². The molecule has 0 radical (unpaired) electrons. The van der Waals surface area contributed by atoms with Gasteiger partial charge in [0.1, 0.15) is 4.90 Å². The van der Waals surface area contributed by atoms with Gasteiger partial charge in [-0.15, -0.1) is 0 Å². The van der Waals surface area contributed by atoms with Crippen LogP contribution in [-0.4, -0.2) is 25.9 Å². The number of carbonyl (C=O) groups excluding carboxylic acids is 1. The Hall–Kier alpha value is -1.38. The lowest BCUT2D eigenvalue weighted by molar-refractivity contribution is -0.385. The zero-order chi connectivity index (χ0) is 16.4. The molecule has 0 heterocycles. The summed E-state index contributed by atoms with van der Waals surface area (Å²) in [4.78, 5) is 21.1. The molecular weight excluding hydrogens is 345 g/mol. The van der Waals surface area contributed by atoms with Gasteiger partial charge >= 0.3 is 5.97 Å². The number of nitro benzene ring substituents is 1. The van der Waals surface area contributed by atoms with Crippen molar-refractivity contribution >= 4 is 43.0 Å². The molecule has 0 aromatic heterocycles. The van der Waals surface area contributed by atoms with E-state index in [1.165, 1.54) is 0 Å². The van der Waals surface area contributed by atoms with Gasteiger partial charge < -0.3 is 4.74 Å². The van der Waals surface area contributed by atoms with Gasteiger partial charge in [0.25, 0.3) is 14.7 Å². The second-order valence-corrected chi connectivity index (χ2v) is 7.41. The molecule has 1 aromatic carbocycles. The van der Waals surface area contributed by atoms with Crippen LogP contribution in [0.5, 0.6) is 0 Å². The van der Waals surface area contributed by atoms with E-state index < -0.39 is 41.1 Å². The fourth-order valence-electron chi connectivity index (χ4n) is 1.33. The predicted molar refractivity (Wildman–Crippen MR) is 76.3 cm³/mol. The third kappa shape index (κ3) is 4.55. The third-order valence-corrected chi connectivity index (χ3v) is 4.13. The number of nitrogens with zero attached hydrogens (tertiary/aromatic N) is 1. The molecule has 1 aromatic rings. The van der Waals surface area contributed by atoms with Gasteiger partial charge in [0.2, 0.25) is 0 Å². The van der Waals surface area contributed by atoms with Gasteiger partial charge in [-0.3, -0.25) is 10.1 Å². The molecule has 116 valence electrons. The first kappa shape index (κ1) is 17.7. The molecular formula is C11H11Cl2NO6S. The van der Waals surface area contributed by atoms with Gasteiger partial charge in [0.05, 0.1) is 22.1 Å². The van der Waals surface area contributed by atoms with E-state index >= 15 is 0 Å². The van der Waals surface area contributed by atoms with Gasteiger partial charge in [0, 0.05) is 22.8 Å². The summed E-state index contributed by atoms with van der Waals surface area (Å²) >= 11 is 5.79. The van der Waals surface area contributed by atoms with Crippen LogP contribution in [-0.2, 0) is 13.8 Å². The molecule has 7 nitrogen and oxygen atoms in total. The number of nitro groups is 1. The monoisotopic (exact) mass is 355 g/mol. The van der Waals surface area contributed by atoms with Crippen LogP contribution in [0.15, 0.2) is 17.0 Å². The second-order valence-electron chi connectivity index (χ2n) is 4.49. The molecule has 1 rings (SSSR count). The lowest BCUT2D eigenvalue weighted by Crippen LogP contribution is -2.12. The molecule has 0 unspecified atom stereocenters. The van der Waals surface area contributed by atoms with Crippen molar-refractivity contribution in [2.75, 3.05) is 6.61 Å². The molecule has 0 aliphatic rings. The van der Waals surface area contributed by atoms with E-state index in [4.69, 9.17) is 27.0 Å². The molecule has 0 N–H and O–H groups in total. The minimum absolute atomic E-state index is 0.0302. The third-order valence-electron chi connectivity index (χ3n) is 2.27. The topological polar surface area (TPSA) is 104 Å². The Morgan fingerprint density at radius 1 is 1.43 bits per heavy atom. The molecule has 0 saturated carbocycles. The van der Waals surface area contributed by atoms with Crippen LogP contribution in [0.1, 0.15) is 24.2 Å². The van der Waals surface area contributed by atoms with Gasteiger partial charge in [-0.1, -0.05) is 25.4 Å². The van der Waals surface area contributed by atoms with Crippen LogP contribution in [0.2, 0.25) is 5.02 Å². The van der Waals surface area contributed by atoms with Crippen LogP contribution < -0.4 is 0 Å². The van der Waals surface area contributed by atoms with Crippen LogP contribution in [0.3, 0.4) is 0 Å². The normalized spacial score (nSPS) is 11.5. The van der Waals surface area contributed by atoms with Gasteiger partial charge in [0.15, 0.2) is 0 Å². The Morgan fingerprint density at radius 3 is 2.43 bits per heavy atom. The van der Waals surface area contributed by atoms with Crippen molar-refractivity contribution < 1.29 is 22.9 Å². The van der Waals surface area contributed by atoms with Crippen molar-refractivity contribution in [1.82, 2.24) is 0 Å². The molecule has 0 aliphatic carbocycles. The van der Waals surface area contributed by atoms with Crippen molar-refractivity contribution in [2.24, 2.45) is 5.92 Å². The maximum Gasteiger partial charge on any atom is 0.339 e. The first-order chi connectivity index (χ1) is 9.54. The number of hydrogen-bond donors (Lipinski definition) is 0. The summed E-state index contributed by atoms with van der Waals surface area (Å²) in [7, 11) is 0.809. The van der Waals surface area contributed by atoms with Gasteiger partial charge in [-0.2, -0.15) is 0 Å². The highest BCUT2D eigenvalue weighted by molar-refractivity contribution is 8.13. The summed E-state index contributed by atoms with van der Waals surface area (Å²) in [6.45, 7) is 3.63. The Balaban J connectivity index is 3.41. The largest absolute Gasteiger partial charge is 0.462 e. The molecule has 10 heteroatoms. The summed E-state index contributed by atoms with van der Waals surface area (Å²) in [5.41, 5.74) is -1.05. The van der Waals surface area contributed by atoms with Crippen molar-refractivity contribution in [3.05, 3.63) is 32.8 Å². The van der Waals surface area contributed by atoms with E-state index in [1.54, 1.807) is 13.8 Å². The number of carbonyl (C=O) groups is 1. The summed E-state index contributed by atoms with van der Waals surface area (Å²) < 4.78 is 27.6. The standard InChI is InChI=1S/C11H11Cl2NO6S/c1-6(2)5-20-11(15)8-3-7(14(16)17)4-9(10(8)12)21(13,18)19/h3-4,6H,5H2,1-2H3. The highest BCUT2D eigenvalue weighted by Crippen LogP contribution is 2.33. The van der Waals surface area contributed by atoms with Crippen LogP contribution in [0.4, 0.5) is 5.69 Å². The van der Waals surface area contributed by atoms with Gasteiger partial charge in [-0.05, 0) is 5.92 Å². The smallest absolute Gasteiger partial charge is 0.339 e. The average molecular weight is 356 g/mol. The molecule has 0 amide bonds. The van der Waals surface area contributed by atoms with Crippen molar-refractivity contribution in [3.63, 3.8) is 0 Å². The zero-order valence-corrected chi connectivity index (χ0v) is 13.3. The maximum absolute atomic E-state index is 11.9. The van der Waals surface area contributed by atoms with Crippen LogP contribution in [0, 0.1) is 16.0 Å². The van der Waals surface area contributed by atoms with Crippen molar-refractivity contribution in [1.29, 1.82) is 0 Å². The Bertz CT molecular complexity index is 686. The quantitative estimate of drug-likeness (QED) is 0.348. The minimum Gasteiger partial charge on any atom is -0.462 e. The zero-order valence-electron chi connectivity index (χ0n) is 11.0. The Labute approximate surface area is 130 Å². The second kappa shape index (κ2) is 6.59. The minimum atomic E-state index is -4.35. The fourth-order valence-corrected chi connectivity index (χ4v) is 2.89. The number of non-ortho nitro benzene ring substituents is 1. The number of esters is 1. The highest BCUT2D eigenvalue weighted by atomic mass is 35.7. The summed E-state index contributed by atoms with van der Waals surface area (Å²) in [5, 5.41) is 10.3. The SMILES string of the molecule is CC(C)COC(=O)c1cc([N+](=O)[O-])cc(S(=O)(=O)Cl)c1Cl. The Kier molecular flexibility index (Phi) is 5.54. The number of halogens is 2.